The number of carbonyl (C=O) groups is 1. The molecule has 21 heavy (non-hydrogen) atoms. The summed E-state index contributed by atoms with van der Waals surface area (Å²) in [6.45, 7) is 3.13. The van der Waals surface area contributed by atoms with Crippen molar-refractivity contribution in [3.63, 3.8) is 0 Å². The molecule has 0 unspecified atom stereocenters. The average Bonchev–Trinajstić information content (AvgIpc) is 2.47. The third kappa shape index (κ3) is 3.37. The summed E-state index contributed by atoms with van der Waals surface area (Å²) in [6, 6.07) is 4.57. The van der Waals surface area contributed by atoms with Crippen molar-refractivity contribution in [2.75, 3.05) is 26.2 Å². The Morgan fingerprint density at radius 3 is 2.38 bits per heavy atom. The maximum Gasteiger partial charge on any atom is 0.243 e. The molecule has 1 amide bonds. The van der Waals surface area contributed by atoms with E-state index in [1.54, 1.807) is 11.0 Å². The second-order valence-electron chi connectivity index (χ2n) is 4.87. The van der Waals surface area contributed by atoms with Gasteiger partial charge in [0.15, 0.2) is 0 Å². The Balaban J connectivity index is 2.19. The van der Waals surface area contributed by atoms with Gasteiger partial charge in [0, 0.05) is 44.7 Å². The predicted molar refractivity (Wildman–Crippen MR) is 80.4 cm³/mol. The lowest BCUT2D eigenvalue weighted by Gasteiger charge is -2.33. The van der Waals surface area contributed by atoms with Crippen molar-refractivity contribution >= 4 is 27.5 Å². The van der Waals surface area contributed by atoms with Gasteiger partial charge in [-0.25, -0.2) is 8.42 Å². The van der Waals surface area contributed by atoms with Gasteiger partial charge in [-0.2, -0.15) is 4.31 Å². The van der Waals surface area contributed by atoms with Gasteiger partial charge in [-0.1, -0.05) is 17.7 Å². The van der Waals surface area contributed by atoms with Crippen LogP contribution >= 0.6 is 11.6 Å². The monoisotopic (exact) mass is 331 g/mol. The van der Waals surface area contributed by atoms with Crippen molar-refractivity contribution in [3.8, 4) is 0 Å². The lowest BCUT2D eigenvalue weighted by Crippen LogP contribution is -2.49. The third-order valence-corrected chi connectivity index (χ3v) is 5.81. The summed E-state index contributed by atoms with van der Waals surface area (Å²) >= 11 is 6.02. The molecule has 1 aliphatic heterocycles. The van der Waals surface area contributed by atoms with E-state index in [0.29, 0.717) is 23.7 Å². The van der Waals surface area contributed by atoms with Crippen molar-refractivity contribution in [2.45, 2.75) is 18.4 Å². The number of carbonyl (C=O) groups excluding carboxylic acids is 1. The van der Waals surface area contributed by atoms with Crippen molar-refractivity contribution < 1.29 is 13.2 Å². The van der Waals surface area contributed by atoms with Gasteiger partial charge in [-0.05, 0) is 17.7 Å². The van der Waals surface area contributed by atoms with Gasteiger partial charge in [0.05, 0.1) is 4.90 Å². The Morgan fingerprint density at radius 1 is 1.29 bits per heavy atom. The molecule has 2 rings (SSSR count). The van der Waals surface area contributed by atoms with Crippen molar-refractivity contribution in [1.29, 1.82) is 0 Å². The minimum absolute atomic E-state index is 0.0395. The van der Waals surface area contributed by atoms with Crippen LogP contribution in [-0.2, 0) is 21.4 Å². The molecule has 0 spiro atoms. The molecule has 2 N–H and O–H groups in total. The number of hydrogen-bond acceptors (Lipinski definition) is 4. The molecular weight excluding hydrogens is 314 g/mol. The minimum Gasteiger partial charge on any atom is -0.340 e. The highest BCUT2D eigenvalue weighted by molar-refractivity contribution is 7.89. The zero-order valence-electron chi connectivity index (χ0n) is 11.8. The fourth-order valence-corrected chi connectivity index (χ4v) is 4.02. The molecular formula is C13H18ClN3O3S. The average molecular weight is 332 g/mol. The number of benzene rings is 1. The largest absolute Gasteiger partial charge is 0.340 e. The maximum atomic E-state index is 12.5. The summed E-state index contributed by atoms with van der Waals surface area (Å²) in [5, 5.41) is 0.348. The number of piperazine rings is 1. The summed E-state index contributed by atoms with van der Waals surface area (Å²) in [5.41, 5.74) is 6.22. The molecule has 0 radical (unpaired) electrons. The molecule has 0 atom stereocenters. The highest BCUT2D eigenvalue weighted by Gasteiger charge is 2.29. The quantitative estimate of drug-likeness (QED) is 0.881. The molecule has 6 nitrogen and oxygen atoms in total. The highest BCUT2D eigenvalue weighted by Crippen LogP contribution is 2.23. The normalized spacial score (nSPS) is 17.0. The topological polar surface area (TPSA) is 83.7 Å². The Morgan fingerprint density at radius 2 is 1.90 bits per heavy atom. The van der Waals surface area contributed by atoms with Crippen LogP contribution in [0.1, 0.15) is 12.5 Å². The van der Waals surface area contributed by atoms with E-state index >= 15 is 0 Å². The van der Waals surface area contributed by atoms with Gasteiger partial charge in [0.25, 0.3) is 0 Å². The van der Waals surface area contributed by atoms with Gasteiger partial charge < -0.3 is 10.6 Å². The Kier molecular flexibility index (Phi) is 4.88. The van der Waals surface area contributed by atoms with Crippen molar-refractivity contribution in [1.82, 2.24) is 9.21 Å². The molecule has 0 aromatic heterocycles. The molecule has 8 heteroatoms. The SMILES string of the molecule is CC(=O)N1CCN(S(=O)(=O)c2ccc(CN)c(Cl)c2)CC1. The summed E-state index contributed by atoms with van der Waals surface area (Å²) in [7, 11) is -3.59. The number of nitrogens with two attached hydrogens (primary N) is 1. The lowest BCUT2D eigenvalue weighted by molar-refractivity contribution is -0.129. The molecule has 0 saturated carbocycles. The van der Waals surface area contributed by atoms with Crippen molar-refractivity contribution in [3.05, 3.63) is 28.8 Å². The second kappa shape index (κ2) is 6.31. The van der Waals surface area contributed by atoms with Crippen LogP contribution in [0.15, 0.2) is 23.1 Å². The van der Waals surface area contributed by atoms with Crippen LogP contribution in [0.3, 0.4) is 0 Å². The summed E-state index contributed by atoms with van der Waals surface area (Å²) < 4.78 is 26.5. The molecule has 0 bridgehead atoms. The first-order valence-electron chi connectivity index (χ1n) is 6.60. The molecule has 1 aromatic carbocycles. The van der Waals surface area contributed by atoms with E-state index in [9.17, 15) is 13.2 Å². The first-order chi connectivity index (χ1) is 9.86. The van der Waals surface area contributed by atoms with Crippen LogP contribution < -0.4 is 5.73 Å². The number of sulfonamides is 1. The van der Waals surface area contributed by atoms with Crippen LogP contribution in [-0.4, -0.2) is 49.7 Å². The Hall–Kier alpha value is -1.15. The van der Waals surface area contributed by atoms with Crippen LogP contribution in [0.4, 0.5) is 0 Å². The van der Waals surface area contributed by atoms with Crippen molar-refractivity contribution in [2.24, 2.45) is 5.73 Å². The van der Waals surface area contributed by atoms with Gasteiger partial charge in [0.1, 0.15) is 0 Å². The molecule has 1 saturated heterocycles. The smallest absolute Gasteiger partial charge is 0.243 e. The van der Waals surface area contributed by atoms with Crippen LogP contribution in [0.25, 0.3) is 0 Å². The van der Waals surface area contributed by atoms with Gasteiger partial charge in [-0.15, -0.1) is 0 Å². The molecule has 1 fully saturated rings. The summed E-state index contributed by atoms with van der Waals surface area (Å²) in [5.74, 6) is -0.0395. The molecule has 1 heterocycles. The highest BCUT2D eigenvalue weighted by atomic mass is 35.5. The summed E-state index contributed by atoms with van der Waals surface area (Å²) in [4.78, 5) is 13.1. The minimum atomic E-state index is -3.59. The van der Waals surface area contributed by atoms with Crippen LogP contribution in [0.5, 0.6) is 0 Å². The maximum absolute atomic E-state index is 12.5. The number of rotatable bonds is 3. The van der Waals surface area contributed by atoms with Gasteiger partial charge in [-0.3, -0.25) is 4.79 Å². The Labute approximate surface area is 129 Å². The number of nitrogens with zero attached hydrogens (tertiary/aromatic N) is 2. The predicted octanol–water partition coefficient (Wildman–Crippen LogP) is 0.651. The van der Waals surface area contributed by atoms with E-state index in [1.807, 2.05) is 0 Å². The van der Waals surface area contributed by atoms with Gasteiger partial charge >= 0.3 is 0 Å². The lowest BCUT2D eigenvalue weighted by atomic mass is 10.2. The molecule has 0 aliphatic carbocycles. The number of amides is 1. The van der Waals surface area contributed by atoms with E-state index in [1.165, 1.54) is 23.4 Å². The zero-order chi connectivity index (χ0) is 15.6. The van der Waals surface area contributed by atoms with Crippen LogP contribution in [0.2, 0.25) is 5.02 Å². The fraction of sp³-hybridized carbons (Fsp3) is 0.462. The first kappa shape index (κ1) is 16.2. The zero-order valence-corrected chi connectivity index (χ0v) is 13.3. The van der Waals surface area contributed by atoms with E-state index < -0.39 is 10.0 Å². The van der Waals surface area contributed by atoms with E-state index in [0.717, 1.165) is 0 Å². The Bertz CT molecular complexity index is 640. The summed E-state index contributed by atoms with van der Waals surface area (Å²) in [6.07, 6.45) is 0. The van der Waals surface area contributed by atoms with E-state index in [2.05, 4.69) is 0 Å². The fourth-order valence-electron chi connectivity index (χ4n) is 2.25. The van der Waals surface area contributed by atoms with Crippen LogP contribution in [0, 0.1) is 0 Å². The first-order valence-corrected chi connectivity index (χ1v) is 8.42. The van der Waals surface area contributed by atoms with E-state index in [4.69, 9.17) is 17.3 Å². The van der Waals surface area contributed by atoms with E-state index in [-0.39, 0.29) is 30.4 Å². The molecule has 1 aromatic rings. The second-order valence-corrected chi connectivity index (χ2v) is 7.21. The van der Waals surface area contributed by atoms with Gasteiger partial charge in [0.2, 0.25) is 15.9 Å². The number of hydrogen-bond donors (Lipinski definition) is 1. The molecule has 116 valence electrons. The molecule has 1 aliphatic rings. The third-order valence-electron chi connectivity index (χ3n) is 3.57. The number of halogens is 1. The standard InChI is InChI=1S/C13H18ClN3O3S/c1-10(18)16-4-6-17(7-5-16)21(19,20)12-3-2-11(9-15)13(14)8-12/h2-3,8H,4-7,9,15H2,1H3.